The Hall–Kier alpha value is -2.73. The number of nitrogens with zero attached hydrogens (tertiary/aromatic N) is 2. The Morgan fingerprint density at radius 3 is 2.61 bits per heavy atom. The largest absolute Gasteiger partial charge is 0.333 e. The molecule has 1 heterocycles. The molecule has 1 N–H and O–H groups in total. The first-order valence-electron chi connectivity index (χ1n) is 9.41. The van der Waals surface area contributed by atoms with Gasteiger partial charge in [-0.3, -0.25) is 0 Å². The first-order valence-corrected chi connectivity index (χ1v) is 10.2. The fourth-order valence-corrected chi connectivity index (χ4v) is 4.12. The summed E-state index contributed by atoms with van der Waals surface area (Å²) in [5.41, 5.74) is 2.55. The van der Waals surface area contributed by atoms with Crippen LogP contribution in [0.4, 0.5) is 9.18 Å². The summed E-state index contributed by atoms with van der Waals surface area (Å²) in [6.07, 6.45) is 1.94. The van der Waals surface area contributed by atoms with Gasteiger partial charge in [0.05, 0.1) is 18.8 Å². The molecule has 2 amide bonds. The second kappa shape index (κ2) is 8.10. The molecule has 0 atom stereocenters. The van der Waals surface area contributed by atoms with E-state index >= 15 is 0 Å². The number of hydrogen-bond donors (Lipinski definition) is 1. The van der Waals surface area contributed by atoms with Crippen molar-refractivity contribution in [2.24, 2.45) is 0 Å². The van der Waals surface area contributed by atoms with Crippen LogP contribution in [-0.2, 0) is 13.1 Å². The highest BCUT2D eigenvalue weighted by atomic mass is 32.1. The molecule has 3 aromatic rings. The van der Waals surface area contributed by atoms with Crippen LogP contribution >= 0.6 is 11.3 Å². The molecule has 1 aromatic heterocycles. The van der Waals surface area contributed by atoms with Crippen molar-refractivity contribution in [2.75, 3.05) is 0 Å². The number of urea groups is 1. The minimum absolute atomic E-state index is 0.153. The van der Waals surface area contributed by atoms with Crippen LogP contribution in [0, 0.1) is 12.7 Å². The third-order valence-electron chi connectivity index (χ3n) is 4.86. The molecule has 28 heavy (non-hydrogen) atoms. The fraction of sp³-hybridized carbons (Fsp3) is 0.273. The maximum absolute atomic E-state index is 14.0. The van der Waals surface area contributed by atoms with Crippen LogP contribution in [-0.4, -0.2) is 22.0 Å². The zero-order valence-corrected chi connectivity index (χ0v) is 16.5. The summed E-state index contributed by atoms with van der Waals surface area (Å²) in [6.45, 7) is 2.68. The number of halogens is 1. The van der Waals surface area contributed by atoms with Crippen molar-refractivity contribution in [1.29, 1.82) is 0 Å². The summed E-state index contributed by atoms with van der Waals surface area (Å²) in [4.78, 5) is 20.2. The van der Waals surface area contributed by atoms with Crippen molar-refractivity contribution >= 4 is 17.4 Å². The number of benzene rings is 2. The van der Waals surface area contributed by atoms with Crippen molar-refractivity contribution in [1.82, 2.24) is 15.2 Å². The number of aryl methyl sites for hydroxylation is 1. The summed E-state index contributed by atoms with van der Waals surface area (Å²) in [5.74, 6) is -0.272. The quantitative estimate of drug-likeness (QED) is 0.629. The Balaban J connectivity index is 1.43. The molecule has 144 valence electrons. The maximum atomic E-state index is 14.0. The van der Waals surface area contributed by atoms with Gasteiger partial charge in [-0.05, 0) is 25.8 Å². The van der Waals surface area contributed by atoms with Gasteiger partial charge in [0.1, 0.15) is 10.8 Å². The first kappa shape index (κ1) is 18.6. The minimum Gasteiger partial charge on any atom is -0.333 e. The van der Waals surface area contributed by atoms with Gasteiger partial charge in [-0.15, -0.1) is 11.3 Å². The summed E-state index contributed by atoms with van der Waals surface area (Å²) < 4.78 is 14.0. The molecule has 0 saturated heterocycles. The first-order chi connectivity index (χ1) is 13.6. The monoisotopic (exact) mass is 395 g/mol. The van der Waals surface area contributed by atoms with Crippen LogP contribution in [0.25, 0.3) is 10.6 Å². The smallest absolute Gasteiger partial charge is 0.318 e. The topological polar surface area (TPSA) is 45.2 Å². The van der Waals surface area contributed by atoms with Crippen LogP contribution in [0.5, 0.6) is 0 Å². The van der Waals surface area contributed by atoms with Gasteiger partial charge < -0.3 is 10.2 Å². The number of carbonyl (C=O) groups is 1. The Bertz CT molecular complexity index is 969. The molecular weight excluding hydrogens is 373 g/mol. The van der Waals surface area contributed by atoms with E-state index in [2.05, 4.69) is 10.3 Å². The number of carbonyl (C=O) groups excluding carboxylic acids is 1. The van der Waals surface area contributed by atoms with Gasteiger partial charge in [-0.25, -0.2) is 14.2 Å². The fourth-order valence-electron chi connectivity index (χ4n) is 3.12. The van der Waals surface area contributed by atoms with E-state index in [1.54, 1.807) is 34.4 Å². The molecule has 6 heteroatoms. The van der Waals surface area contributed by atoms with Gasteiger partial charge in [0.2, 0.25) is 0 Å². The predicted molar refractivity (Wildman–Crippen MR) is 109 cm³/mol. The number of aromatic nitrogens is 1. The summed E-state index contributed by atoms with van der Waals surface area (Å²) in [6, 6.07) is 16.7. The van der Waals surface area contributed by atoms with Crippen molar-refractivity contribution in [3.05, 3.63) is 76.5 Å². The molecule has 1 aliphatic carbocycles. The standard InChI is InChI=1S/C22H22FN3OS/c1-15-20(28-21(25-15)16-7-3-2-4-8-16)13-24-22(27)26(18-11-12-18)14-17-9-5-6-10-19(17)23/h2-10,18H,11-14H2,1H3,(H,24,27). The second-order valence-corrected chi connectivity index (χ2v) is 8.09. The van der Waals surface area contributed by atoms with E-state index in [1.165, 1.54) is 6.07 Å². The average molecular weight is 396 g/mol. The zero-order chi connectivity index (χ0) is 19.5. The molecule has 0 bridgehead atoms. The van der Waals surface area contributed by atoms with E-state index in [0.29, 0.717) is 18.7 Å². The van der Waals surface area contributed by atoms with Crippen molar-refractivity contribution in [3.63, 3.8) is 0 Å². The lowest BCUT2D eigenvalue weighted by atomic mass is 10.2. The van der Waals surface area contributed by atoms with Crippen molar-refractivity contribution in [3.8, 4) is 10.6 Å². The number of amides is 2. The molecule has 4 nitrogen and oxygen atoms in total. The Morgan fingerprint density at radius 2 is 1.89 bits per heavy atom. The molecule has 0 radical (unpaired) electrons. The van der Waals surface area contributed by atoms with E-state index in [1.807, 2.05) is 37.3 Å². The van der Waals surface area contributed by atoms with Crippen molar-refractivity contribution in [2.45, 2.75) is 38.9 Å². The van der Waals surface area contributed by atoms with Crippen LogP contribution in [0.3, 0.4) is 0 Å². The van der Waals surface area contributed by atoms with E-state index in [-0.39, 0.29) is 17.9 Å². The SMILES string of the molecule is Cc1nc(-c2ccccc2)sc1CNC(=O)N(Cc1ccccc1F)C1CC1. The third-order valence-corrected chi connectivity index (χ3v) is 6.07. The lowest BCUT2D eigenvalue weighted by molar-refractivity contribution is 0.191. The lowest BCUT2D eigenvalue weighted by Gasteiger charge is -2.23. The molecule has 0 spiro atoms. The summed E-state index contributed by atoms with van der Waals surface area (Å²) in [7, 11) is 0. The molecule has 1 saturated carbocycles. The van der Waals surface area contributed by atoms with E-state index in [0.717, 1.165) is 34.0 Å². The van der Waals surface area contributed by atoms with Gasteiger partial charge in [0, 0.05) is 22.0 Å². The molecular formula is C22H22FN3OS. The van der Waals surface area contributed by atoms with Gasteiger partial charge in [-0.1, -0.05) is 48.5 Å². The minimum atomic E-state index is -0.272. The highest BCUT2D eigenvalue weighted by Crippen LogP contribution is 2.30. The predicted octanol–water partition coefficient (Wildman–Crippen LogP) is 5.13. The average Bonchev–Trinajstić information content (AvgIpc) is 3.48. The van der Waals surface area contributed by atoms with Crippen LogP contribution in [0.1, 0.15) is 29.0 Å². The van der Waals surface area contributed by atoms with E-state index in [4.69, 9.17) is 0 Å². The highest BCUT2D eigenvalue weighted by Gasteiger charge is 2.33. The van der Waals surface area contributed by atoms with Crippen LogP contribution < -0.4 is 5.32 Å². The number of thiazole rings is 1. The van der Waals surface area contributed by atoms with Crippen molar-refractivity contribution < 1.29 is 9.18 Å². The van der Waals surface area contributed by atoms with Crippen LogP contribution in [0.15, 0.2) is 54.6 Å². The van der Waals surface area contributed by atoms with Crippen LogP contribution in [0.2, 0.25) is 0 Å². The normalized spacial score (nSPS) is 13.4. The zero-order valence-electron chi connectivity index (χ0n) is 15.7. The summed E-state index contributed by atoms with van der Waals surface area (Å²) >= 11 is 1.59. The van der Waals surface area contributed by atoms with E-state index in [9.17, 15) is 9.18 Å². The highest BCUT2D eigenvalue weighted by molar-refractivity contribution is 7.15. The molecule has 0 unspecified atom stereocenters. The molecule has 0 aliphatic heterocycles. The van der Waals surface area contributed by atoms with Gasteiger partial charge in [-0.2, -0.15) is 0 Å². The van der Waals surface area contributed by atoms with E-state index < -0.39 is 0 Å². The molecule has 1 fully saturated rings. The Morgan fingerprint density at radius 1 is 1.18 bits per heavy atom. The second-order valence-electron chi connectivity index (χ2n) is 7.00. The summed E-state index contributed by atoms with van der Waals surface area (Å²) in [5, 5.41) is 3.95. The maximum Gasteiger partial charge on any atom is 0.318 e. The van der Waals surface area contributed by atoms with Gasteiger partial charge in [0.15, 0.2) is 0 Å². The van der Waals surface area contributed by atoms with Gasteiger partial charge >= 0.3 is 6.03 Å². The number of rotatable bonds is 6. The molecule has 2 aromatic carbocycles. The Labute approximate surface area is 168 Å². The lowest BCUT2D eigenvalue weighted by Crippen LogP contribution is -2.40. The number of hydrogen-bond acceptors (Lipinski definition) is 3. The molecule has 1 aliphatic rings. The third kappa shape index (κ3) is 4.22. The number of nitrogens with one attached hydrogen (secondary N) is 1. The Kier molecular flexibility index (Phi) is 5.39. The van der Waals surface area contributed by atoms with Gasteiger partial charge in [0.25, 0.3) is 0 Å². The molecule has 4 rings (SSSR count).